The Labute approximate surface area is 212 Å². The lowest BCUT2D eigenvalue weighted by Crippen LogP contribution is -2.36. The van der Waals surface area contributed by atoms with Crippen LogP contribution in [0.1, 0.15) is 28.0 Å². The summed E-state index contributed by atoms with van der Waals surface area (Å²) in [6.07, 6.45) is 1.63. The molecule has 2 aliphatic heterocycles. The number of morpholine rings is 1. The molecule has 0 unspecified atom stereocenters. The van der Waals surface area contributed by atoms with Crippen molar-refractivity contribution in [2.75, 3.05) is 38.2 Å². The van der Waals surface area contributed by atoms with Gasteiger partial charge in [0.05, 0.1) is 41.5 Å². The first-order chi connectivity index (χ1) is 17.5. The number of ether oxygens (including phenoxy) is 1. The van der Waals surface area contributed by atoms with Crippen molar-refractivity contribution in [1.82, 2.24) is 20.2 Å². The first-order valence-corrected chi connectivity index (χ1v) is 12.9. The Bertz CT molecular complexity index is 1510. The molecule has 9 heteroatoms. The summed E-state index contributed by atoms with van der Waals surface area (Å²) in [7, 11) is 0. The maximum absolute atomic E-state index is 15.7. The number of pyridine rings is 2. The zero-order valence-electron chi connectivity index (χ0n) is 19.9. The van der Waals surface area contributed by atoms with Gasteiger partial charge in [-0.05, 0) is 43.3 Å². The minimum Gasteiger partial charge on any atom is -0.381 e. The molecule has 2 N–H and O–H groups in total. The van der Waals surface area contributed by atoms with Crippen LogP contribution in [-0.2, 0) is 11.3 Å². The first-order valence-electron chi connectivity index (χ1n) is 12.0. The highest BCUT2D eigenvalue weighted by Crippen LogP contribution is 2.41. The van der Waals surface area contributed by atoms with E-state index in [0.29, 0.717) is 53.8 Å². The van der Waals surface area contributed by atoms with Crippen molar-refractivity contribution < 1.29 is 13.9 Å². The van der Waals surface area contributed by atoms with Crippen LogP contribution in [0.15, 0.2) is 36.9 Å². The third kappa shape index (κ3) is 4.03. The number of aromatic nitrogens is 2. The summed E-state index contributed by atoms with van der Waals surface area (Å²) in [5.41, 5.74) is 3.52. The highest BCUT2D eigenvalue weighted by Gasteiger charge is 2.25. The minimum atomic E-state index is -0.364. The molecule has 184 valence electrons. The normalized spacial score (nSPS) is 18.5. The van der Waals surface area contributed by atoms with Gasteiger partial charge in [0.2, 0.25) is 0 Å². The lowest BCUT2D eigenvalue weighted by molar-refractivity contribution is 0.0331. The van der Waals surface area contributed by atoms with Gasteiger partial charge in [0, 0.05) is 53.3 Å². The Morgan fingerprint density at radius 2 is 2.08 bits per heavy atom. The SMILES string of the molecule is C=Cc1cc(-c2ccc3c(ccc4sc5c(c43)NC[C@@H](C)NC5=O)n2)c(F)c(CN2CCOCC2)n1. The molecule has 0 spiro atoms. The van der Waals surface area contributed by atoms with E-state index in [2.05, 4.69) is 27.1 Å². The van der Waals surface area contributed by atoms with E-state index in [9.17, 15) is 4.79 Å². The number of thiophene rings is 1. The van der Waals surface area contributed by atoms with E-state index in [4.69, 9.17) is 9.72 Å². The molecule has 0 saturated carbocycles. The number of nitrogens with zero attached hydrogens (tertiary/aromatic N) is 3. The zero-order chi connectivity index (χ0) is 24.8. The number of nitrogens with one attached hydrogen (secondary N) is 2. The van der Waals surface area contributed by atoms with Gasteiger partial charge in [0.25, 0.3) is 5.91 Å². The van der Waals surface area contributed by atoms with E-state index in [0.717, 1.165) is 39.8 Å². The molecule has 1 fully saturated rings. The molecule has 1 atom stereocenters. The van der Waals surface area contributed by atoms with Crippen molar-refractivity contribution in [1.29, 1.82) is 0 Å². The fraction of sp³-hybridized carbons (Fsp3) is 0.296. The van der Waals surface area contributed by atoms with Crippen molar-refractivity contribution in [2.24, 2.45) is 0 Å². The van der Waals surface area contributed by atoms with Crippen LogP contribution in [0.4, 0.5) is 10.1 Å². The summed E-state index contributed by atoms with van der Waals surface area (Å²) in [4.78, 5) is 24.9. The number of rotatable bonds is 4. The summed E-state index contributed by atoms with van der Waals surface area (Å²) < 4.78 is 22.2. The Kier molecular flexibility index (Phi) is 5.91. The Morgan fingerprint density at radius 1 is 1.25 bits per heavy atom. The van der Waals surface area contributed by atoms with Crippen molar-refractivity contribution >= 4 is 50.0 Å². The van der Waals surface area contributed by atoms with Gasteiger partial charge in [-0.1, -0.05) is 6.58 Å². The first kappa shape index (κ1) is 23.0. The van der Waals surface area contributed by atoms with E-state index >= 15 is 4.39 Å². The molecule has 4 aromatic rings. The molecule has 0 aliphatic carbocycles. The largest absolute Gasteiger partial charge is 0.381 e. The number of fused-ring (bicyclic) bond motifs is 5. The van der Waals surface area contributed by atoms with E-state index in [-0.39, 0.29) is 17.8 Å². The topological polar surface area (TPSA) is 79.4 Å². The number of hydrogen-bond acceptors (Lipinski definition) is 7. The smallest absolute Gasteiger partial charge is 0.263 e. The van der Waals surface area contributed by atoms with Crippen molar-refractivity contribution in [3.05, 3.63) is 59.0 Å². The molecule has 5 heterocycles. The molecule has 36 heavy (non-hydrogen) atoms. The molecule has 1 amide bonds. The van der Waals surface area contributed by atoms with Crippen LogP contribution in [0.5, 0.6) is 0 Å². The van der Waals surface area contributed by atoms with Gasteiger partial charge < -0.3 is 15.4 Å². The molecule has 3 aromatic heterocycles. The molecule has 7 nitrogen and oxygen atoms in total. The molecule has 1 aromatic carbocycles. The Morgan fingerprint density at radius 3 is 2.89 bits per heavy atom. The van der Waals surface area contributed by atoms with Crippen LogP contribution < -0.4 is 10.6 Å². The standard InChI is InChI=1S/C27H26FN5O2S/c1-3-16-12-18(24(28)21(31-16)14-33-8-10-35-11-9-33)20-5-4-17-19(32-20)6-7-22-23(17)25-26(36-22)27(34)30-15(2)13-29-25/h3-7,12,15,29H,1,8-11,13-14H2,2H3,(H,30,34)/t15-/m1/s1. The van der Waals surface area contributed by atoms with Crippen LogP contribution in [0, 0.1) is 5.82 Å². The number of halogens is 1. The fourth-order valence-corrected chi connectivity index (χ4v) is 5.94. The van der Waals surface area contributed by atoms with Crippen LogP contribution >= 0.6 is 11.3 Å². The molecule has 6 rings (SSSR count). The van der Waals surface area contributed by atoms with Gasteiger partial charge in [-0.2, -0.15) is 0 Å². The quantitative estimate of drug-likeness (QED) is 0.421. The van der Waals surface area contributed by atoms with Crippen molar-refractivity contribution in [2.45, 2.75) is 19.5 Å². The van der Waals surface area contributed by atoms with Gasteiger partial charge in [-0.15, -0.1) is 11.3 Å². The van der Waals surface area contributed by atoms with Crippen LogP contribution in [0.25, 0.3) is 38.3 Å². The number of anilines is 1. The van der Waals surface area contributed by atoms with E-state index in [1.165, 1.54) is 11.3 Å². The third-order valence-corrected chi connectivity index (χ3v) is 7.85. The molecule has 2 aliphatic rings. The second-order valence-corrected chi connectivity index (χ2v) is 10.3. The second-order valence-electron chi connectivity index (χ2n) is 9.21. The number of carbonyl (C=O) groups excluding carboxylic acids is 1. The average Bonchev–Trinajstić information content (AvgIpc) is 3.21. The van der Waals surface area contributed by atoms with Crippen LogP contribution in [-0.4, -0.2) is 59.7 Å². The fourth-order valence-electron chi connectivity index (χ4n) is 4.85. The summed E-state index contributed by atoms with van der Waals surface area (Å²) in [6, 6.07) is 9.45. The summed E-state index contributed by atoms with van der Waals surface area (Å²) in [5.74, 6) is -0.429. The van der Waals surface area contributed by atoms with E-state index in [1.54, 1.807) is 12.1 Å². The number of amides is 1. The third-order valence-electron chi connectivity index (χ3n) is 6.70. The average molecular weight is 504 g/mol. The number of carbonyl (C=O) groups is 1. The molecular formula is C27H26FN5O2S. The van der Waals surface area contributed by atoms with Crippen molar-refractivity contribution in [3.8, 4) is 11.3 Å². The molecule has 1 saturated heterocycles. The van der Waals surface area contributed by atoms with E-state index in [1.807, 2.05) is 31.2 Å². The molecule has 0 radical (unpaired) electrons. The van der Waals surface area contributed by atoms with E-state index < -0.39 is 0 Å². The summed E-state index contributed by atoms with van der Waals surface area (Å²) in [5, 5.41) is 8.36. The van der Waals surface area contributed by atoms with Gasteiger partial charge >= 0.3 is 0 Å². The highest BCUT2D eigenvalue weighted by atomic mass is 32.1. The molecular weight excluding hydrogens is 477 g/mol. The predicted octanol–water partition coefficient (Wildman–Crippen LogP) is 4.67. The summed E-state index contributed by atoms with van der Waals surface area (Å²) >= 11 is 1.47. The maximum atomic E-state index is 15.7. The van der Waals surface area contributed by atoms with Crippen molar-refractivity contribution in [3.63, 3.8) is 0 Å². The van der Waals surface area contributed by atoms with Crippen LogP contribution in [0.2, 0.25) is 0 Å². The predicted molar refractivity (Wildman–Crippen MR) is 142 cm³/mol. The van der Waals surface area contributed by atoms with Gasteiger partial charge in [0.15, 0.2) is 5.82 Å². The summed E-state index contributed by atoms with van der Waals surface area (Å²) in [6.45, 7) is 9.64. The lowest BCUT2D eigenvalue weighted by atomic mass is 10.0. The number of hydrogen-bond donors (Lipinski definition) is 2. The monoisotopic (exact) mass is 503 g/mol. The Hall–Kier alpha value is -3.40. The second kappa shape index (κ2) is 9.24. The minimum absolute atomic E-state index is 0.0345. The van der Waals surface area contributed by atoms with Gasteiger partial charge in [-0.25, -0.2) is 14.4 Å². The zero-order valence-corrected chi connectivity index (χ0v) is 20.8. The Balaban J connectivity index is 1.45. The molecule has 0 bridgehead atoms. The number of benzene rings is 1. The van der Waals surface area contributed by atoms with Gasteiger partial charge in [-0.3, -0.25) is 9.69 Å². The van der Waals surface area contributed by atoms with Crippen LogP contribution in [0.3, 0.4) is 0 Å². The maximum Gasteiger partial charge on any atom is 0.263 e. The lowest BCUT2D eigenvalue weighted by Gasteiger charge is -2.26. The van der Waals surface area contributed by atoms with Gasteiger partial charge in [0.1, 0.15) is 4.88 Å². The highest BCUT2D eigenvalue weighted by molar-refractivity contribution is 7.21.